The van der Waals surface area contributed by atoms with E-state index in [0.29, 0.717) is 25.7 Å². The molecule has 17 nitrogen and oxygen atoms in total. The Balaban J connectivity index is 5.21. The summed E-state index contributed by atoms with van der Waals surface area (Å²) in [6.45, 7) is 11.9. The van der Waals surface area contributed by atoms with E-state index in [-0.39, 0.29) is 25.7 Å². The van der Waals surface area contributed by atoms with Crippen LogP contribution in [0, 0.1) is 17.8 Å². The fourth-order valence-corrected chi connectivity index (χ4v) is 13.5. The minimum atomic E-state index is -4.96. The van der Waals surface area contributed by atoms with Crippen LogP contribution in [-0.2, 0) is 65.4 Å². The van der Waals surface area contributed by atoms with Gasteiger partial charge in [0.25, 0.3) is 0 Å². The Hall–Kier alpha value is -1.94. The molecule has 0 bridgehead atoms. The average molecular weight is 1420 g/mol. The van der Waals surface area contributed by atoms with Gasteiger partial charge < -0.3 is 33.8 Å². The lowest BCUT2D eigenvalue weighted by molar-refractivity contribution is -0.161. The lowest BCUT2D eigenvalue weighted by Crippen LogP contribution is -2.30. The Bertz CT molecular complexity index is 1890. The number of esters is 4. The number of hydrogen-bond acceptors (Lipinski definition) is 15. The molecule has 0 heterocycles. The third-order valence-electron chi connectivity index (χ3n) is 18.5. The smallest absolute Gasteiger partial charge is 0.462 e. The molecule has 3 unspecified atom stereocenters. The van der Waals surface area contributed by atoms with Crippen LogP contribution in [0.5, 0.6) is 0 Å². The van der Waals surface area contributed by atoms with Crippen molar-refractivity contribution in [1.29, 1.82) is 0 Å². The van der Waals surface area contributed by atoms with Gasteiger partial charge in [-0.3, -0.25) is 37.3 Å². The number of phosphoric ester groups is 2. The Morgan fingerprint density at radius 3 is 0.784 bits per heavy atom. The number of rotatable bonds is 76. The van der Waals surface area contributed by atoms with Crippen molar-refractivity contribution in [2.24, 2.45) is 17.8 Å². The van der Waals surface area contributed by atoms with Crippen LogP contribution in [0.2, 0.25) is 0 Å². The summed E-state index contributed by atoms with van der Waals surface area (Å²) in [5.41, 5.74) is 0. The van der Waals surface area contributed by atoms with E-state index in [0.717, 1.165) is 108 Å². The second kappa shape index (κ2) is 68.5. The van der Waals surface area contributed by atoms with Gasteiger partial charge in [-0.1, -0.05) is 350 Å². The van der Waals surface area contributed by atoms with Crippen molar-refractivity contribution in [2.75, 3.05) is 39.6 Å². The minimum absolute atomic E-state index is 0.105. The molecule has 19 heteroatoms. The zero-order chi connectivity index (χ0) is 71.6. The molecular formula is C78H152O17P2. The van der Waals surface area contributed by atoms with Gasteiger partial charge in [0.15, 0.2) is 12.2 Å². The van der Waals surface area contributed by atoms with Crippen LogP contribution in [0.25, 0.3) is 0 Å². The normalized spacial score (nSPS) is 14.3. The van der Waals surface area contributed by atoms with E-state index >= 15 is 0 Å². The van der Waals surface area contributed by atoms with Crippen molar-refractivity contribution >= 4 is 39.5 Å². The quantitative estimate of drug-likeness (QED) is 0.0222. The predicted molar refractivity (Wildman–Crippen MR) is 395 cm³/mol. The van der Waals surface area contributed by atoms with Gasteiger partial charge in [0.2, 0.25) is 0 Å². The Kier molecular flexibility index (Phi) is 67.1. The van der Waals surface area contributed by atoms with E-state index in [2.05, 4.69) is 48.5 Å². The average Bonchev–Trinajstić information content (AvgIpc) is 1.06. The first-order valence-electron chi connectivity index (χ1n) is 40.4. The summed E-state index contributed by atoms with van der Waals surface area (Å²) in [7, 11) is -9.91. The van der Waals surface area contributed by atoms with E-state index in [1.54, 1.807) is 0 Å². The van der Waals surface area contributed by atoms with Crippen LogP contribution in [0.3, 0.4) is 0 Å². The van der Waals surface area contributed by atoms with Gasteiger partial charge >= 0.3 is 39.5 Å². The Labute approximate surface area is 594 Å². The van der Waals surface area contributed by atoms with Crippen molar-refractivity contribution in [2.45, 2.75) is 420 Å². The first-order chi connectivity index (χ1) is 46.8. The highest BCUT2D eigenvalue weighted by Crippen LogP contribution is 2.45. The molecule has 0 spiro atoms. The van der Waals surface area contributed by atoms with Gasteiger partial charge in [0, 0.05) is 25.7 Å². The predicted octanol–water partition coefficient (Wildman–Crippen LogP) is 23.0. The molecule has 0 saturated heterocycles. The van der Waals surface area contributed by atoms with E-state index in [9.17, 15) is 43.2 Å². The van der Waals surface area contributed by atoms with Gasteiger partial charge in [-0.2, -0.15) is 0 Å². The summed E-state index contributed by atoms with van der Waals surface area (Å²) in [6.07, 6.45) is 55.5. The zero-order valence-electron chi connectivity index (χ0n) is 63.5. The largest absolute Gasteiger partial charge is 0.472 e. The second-order valence-electron chi connectivity index (χ2n) is 29.3. The van der Waals surface area contributed by atoms with E-state index < -0.39 is 97.5 Å². The molecule has 3 N–H and O–H groups in total. The molecule has 0 amide bonds. The topological polar surface area (TPSA) is 237 Å². The van der Waals surface area contributed by atoms with Crippen molar-refractivity contribution in [1.82, 2.24) is 0 Å². The summed E-state index contributed by atoms with van der Waals surface area (Å²) < 4.78 is 68.6. The minimum Gasteiger partial charge on any atom is -0.462 e. The number of ether oxygens (including phenoxy) is 4. The third kappa shape index (κ3) is 70.9. The molecule has 6 atom stereocenters. The van der Waals surface area contributed by atoms with Crippen molar-refractivity contribution in [3.8, 4) is 0 Å². The second-order valence-corrected chi connectivity index (χ2v) is 32.2. The van der Waals surface area contributed by atoms with Gasteiger partial charge in [-0.25, -0.2) is 9.13 Å². The number of carbonyl (C=O) groups excluding carboxylic acids is 4. The third-order valence-corrected chi connectivity index (χ3v) is 20.4. The molecule has 0 aliphatic rings. The summed E-state index contributed by atoms with van der Waals surface area (Å²) in [5, 5.41) is 10.6. The summed E-state index contributed by atoms with van der Waals surface area (Å²) in [5.74, 6) is 0.217. The number of unbranched alkanes of at least 4 members (excludes halogenated alkanes) is 43. The number of aliphatic hydroxyl groups is 1. The molecule has 0 aromatic heterocycles. The maximum absolute atomic E-state index is 13.1. The lowest BCUT2D eigenvalue weighted by Gasteiger charge is -2.21. The van der Waals surface area contributed by atoms with Crippen LogP contribution in [-0.4, -0.2) is 96.7 Å². The Morgan fingerprint density at radius 1 is 0.299 bits per heavy atom. The number of phosphoric acid groups is 2. The van der Waals surface area contributed by atoms with Crippen LogP contribution in [0.15, 0.2) is 0 Å². The van der Waals surface area contributed by atoms with Gasteiger partial charge in [-0.15, -0.1) is 0 Å². The lowest BCUT2D eigenvalue weighted by atomic mass is 9.99. The molecule has 0 rings (SSSR count). The monoisotopic (exact) mass is 1420 g/mol. The maximum atomic E-state index is 13.1. The highest BCUT2D eigenvalue weighted by atomic mass is 31.2. The molecule has 97 heavy (non-hydrogen) atoms. The van der Waals surface area contributed by atoms with Gasteiger partial charge in [0.05, 0.1) is 26.4 Å². The molecule has 0 aliphatic carbocycles. The Morgan fingerprint density at radius 2 is 0.526 bits per heavy atom. The number of carbonyl (C=O) groups is 4. The molecule has 0 saturated carbocycles. The summed E-state index contributed by atoms with van der Waals surface area (Å²) in [4.78, 5) is 72.9. The standard InChI is InChI=1S/C78H152O17P2/c1-8-10-11-12-13-14-15-25-30-38-45-52-59-75(80)88-66-74(95-78(83)62-55-48-41-34-33-37-44-51-58-71(7)9-2)68-93-97(86,87)91-64-72(79)63-90-96(84,85)92-67-73(65-89-76(81)60-53-46-39-32-27-29-36-43-50-57-70(5)6)94-77(82)61-54-47-40-31-26-23-21-19-17-16-18-20-22-24-28-35-42-49-56-69(3)4/h69-74,79H,8-68H2,1-7H3,(H,84,85)(H,86,87)/t71?,72-,73-,74-/m1/s1. The van der Waals surface area contributed by atoms with Crippen molar-refractivity contribution < 1.29 is 80.2 Å². The fraction of sp³-hybridized carbons (Fsp3) is 0.949. The van der Waals surface area contributed by atoms with E-state index in [4.69, 9.17) is 37.0 Å². The molecule has 0 radical (unpaired) electrons. The fourth-order valence-electron chi connectivity index (χ4n) is 11.9. The number of aliphatic hydroxyl groups excluding tert-OH is 1. The van der Waals surface area contributed by atoms with Crippen molar-refractivity contribution in [3.63, 3.8) is 0 Å². The van der Waals surface area contributed by atoms with Gasteiger partial charge in [-0.05, 0) is 43.4 Å². The highest BCUT2D eigenvalue weighted by Gasteiger charge is 2.30. The SMILES string of the molecule is CCCCCCCCCCCCCCC(=O)OC[C@H](COP(=O)(O)OC[C@H](O)COP(=O)(O)OC[C@@H](COC(=O)CCCCCCCCCCCC(C)C)OC(=O)CCCCCCCCCCCCCCCCCCCCC(C)C)OC(=O)CCCCCCCCCCC(C)CC. The summed E-state index contributed by atoms with van der Waals surface area (Å²) in [6, 6.07) is 0. The molecule has 0 fully saturated rings. The first-order valence-corrected chi connectivity index (χ1v) is 43.4. The van der Waals surface area contributed by atoms with Gasteiger partial charge in [0.1, 0.15) is 19.3 Å². The molecular weight excluding hydrogens is 1270 g/mol. The number of hydrogen-bond donors (Lipinski definition) is 3. The van der Waals surface area contributed by atoms with Crippen molar-refractivity contribution in [3.05, 3.63) is 0 Å². The van der Waals surface area contributed by atoms with Crippen LogP contribution >= 0.6 is 15.6 Å². The first kappa shape index (κ1) is 95.1. The van der Waals surface area contributed by atoms with Crippen LogP contribution in [0.1, 0.15) is 402 Å². The maximum Gasteiger partial charge on any atom is 0.472 e. The van der Waals surface area contributed by atoms with E-state index in [1.165, 1.54) is 212 Å². The highest BCUT2D eigenvalue weighted by molar-refractivity contribution is 7.47. The van der Waals surface area contributed by atoms with Crippen LogP contribution < -0.4 is 0 Å². The molecule has 576 valence electrons. The molecule has 0 aromatic rings. The zero-order valence-corrected chi connectivity index (χ0v) is 65.3. The van der Waals surface area contributed by atoms with Crippen LogP contribution in [0.4, 0.5) is 0 Å². The molecule has 0 aromatic carbocycles. The molecule has 0 aliphatic heterocycles. The summed E-state index contributed by atoms with van der Waals surface area (Å²) >= 11 is 0. The van der Waals surface area contributed by atoms with E-state index in [1.807, 2.05) is 0 Å².